The fourth-order valence-corrected chi connectivity index (χ4v) is 4.48. The molecule has 6 heteroatoms. The van der Waals surface area contributed by atoms with Gasteiger partial charge in [-0.15, -0.1) is 0 Å². The summed E-state index contributed by atoms with van der Waals surface area (Å²) >= 11 is 3.30. The van der Waals surface area contributed by atoms with Crippen LogP contribution in [0.5, 0.6) is 0 Å². The van der Waals surface area contributed by atoms with Gasteiger partial charge in [0.15, 0.2) is 0 Å². The van der Waals surface area contributed by atoms with Crippen LogP contribution < -0.4 is 0 Å². The fourth-order valence-electron chi connectivity index (χ4n) is 2.16. The predicted molar refractivity (Wildman–Crippen MR) is 77.4 cm³/mol. The number of hydrogen-bond donors (Lipinski definition) is 1. The molecular formula is C13H18BrNO3S. The first-order valence-electron chi connectivity index (χ1n) is 6.44. The Hall–Kier alpha value is -0.430. The monoisotopic (exact) mass is 347 g/mol. The summed E-state index contributed by atoms with van der Waals surface area (Å²) in [5.74, 6) is 0. The number of halogens is 1. The minimum absolute atomic E-state index is 0.0111. The standard InChI is InChI=1S/C13H18BrNO3S/c14-11-4-1-7-13(10-11)19(17,18)15(8-3-9-16)12-5-2-6-12/h1,4,7,10,12,16H,2-3,5-6,8-9H2. The minimum Gasteiger partial charge on any atom is -0.396 e. The molecule has 0 heterocycles. The Bertz CT molecular complexity index is 528. The number of aliphatic hydroxyl groups is 1. The second-order valence-electron chi connectivity index (χ2n) is 4.74. The highest BCUT2D eigenvalue weighted by Crippen LogP contribution is 2.30. The van der Waals surface area contributed by atoms with Crippen molar-refractivity contribution in [2.75, 3.05) is 13.2 Å². The molecule has 2 rings (SSSR count). The normalized spacial score (nSPS) is 16.6. The summed E-state index contributed by atoms with van der Waals surface area (Å²) in [6.07, 6.45) is 3.38. The zero-order chi connectivity index (χ0) is 13.9. The Morgan fingerprint density at radius 1 is 1.37 bits per heavy atom. The van der Waals surface area contributed by atoms with E-state index < -0.39 is 10.0 Å². The van der Waals surface area contributed by atoms with E-state index in [9.17, 15) is 8.42 Å². The molecule has 0 atom stereocenters. The molecule has 4 nitrogen and oxygen atoms in total. The quantitative estimate of drug-likeness (QED) is 0.859. The van der Waals surface area contributed by atoms with E-state index in [0.29, 0.717) is 17.9 Å². The number of benzene rings is 1. The first kappa shape index (κ1) is 15.0. The number of aliphatic hydroxyl groups excluding tert-OH is 1. The summed E-state index contributed by atoms with van der Waals surface area (Å²) < 4.78 is 27.6. The van der Waals surface area contributed by atoms with Crippen LogP contribution in [0, 0.1) is 0 Å². The number of sulfonamides is 1. The van der Waals surface area contributed by atoms with Crippen molar-refractivity contribution in [3.05, 3.63) is 28.7 Å². The maximum Gasteiger partial charge on any atom is 0.243 e. The molecule has 1 aromatic carbocycles. The highest BCUT2D eigenvalue weighted by molar-refractivity contribution is 9.10. The van der Waals surface area contributed by atoms with Gasteiger partial charge >= 0.3 is 0 Å². The SMILES string of the molecule is O=S(=O)(c1cccc(Br)c1)N(CCCO)C1CCC1. The third kappa shape index (κ3) is 3.37. The average Bonchev–Trinajstić information content (AvgIpc) is 2.31. The lowest BCUT2D eigenvalue weighted by Crippen LogP contribution is -2.44. The van der Waals surface area contributed by atoms with Crippen molar-refractivity contribution in [3.63, 3.8) is 0 Å². The number of nitrogens with zero attached hydrogens (tertiary/aromatic N) is 1. The van der Waals surface area contributed by atoms with Gasteiger partial charge in [0.1, 0.15) is 0 Å². The van der Waals surface area contributed by atoms with Crippen molar-refractivity contribution in [2.45, 2.75) is 36.6 Å². The van der Waals surface area contributed by atoms with Crippen LogP contribution in [0.2, 0.25) is 0 Å². The Labute approximate surface area is 122 Å². The van der Waals surface area contributed by atoms with E-state index in [1.54, 1.807) is 28.6 Å². The van der Waals surface area contributed by atoms with Crippen molar-refractivity contribution in [1.29, 1.82) is 0 Å². The van der Waals surface area contributed by atoms with Crippen molar-refractivity contribution >= 4 is 26.0 Å². The van der Waals surface area contributed by atoms with E-state index in [-0.39, 0.29) is 12.6 Å². The largest absolute Gasteiger partial charge is 0.396 e. The Morgan fingerprint density at radius 3 is 2.63 bits per heavy atom. The van der Waals surface area contributed by atoms with Gasteiger partial charge in [0.2, 0.25) is 10.0 Å². The van der Waals surface area contributed by atoms with Crippen LogP contribution in [0.15, 0.2) is 33.6 Å². The van der Waals surface area contributed by atoms with Crippen LogP contribution in [0.3, 0.4) is 0 Å². The minimum atomic E-state index is -3.46. The molecule has 0 unspecified atom stereocenters. The molecule has 0 spiro atoms. The van der Waals surface area contributed by atoms with Crippen LogP contribution in [0.4, 0.5) is 0 Å². The molecular weight excluding hydrogens is 330 g/mol. The molecule has 1 saturated carbocycles. The molecule has 19 heavy (non-hydrogen) atoms. The van der Waals surface area contributed by atoms with Gasteiger partial charge in [-0.2, -0.15) is 4.31 Å². The van der Waals surface area contributed by atoms with E-state index >= 15 is 0 Å². The molecule has 0 bridgehead atoms. The third-order valence-corrected chi connectivity index (χ3v) is 5.86. The zero-order valence-corrected chi connectivity index (χ0v) is 13.0. The summed E-state index contributed by atoms with van der Waals surface area (Å²) in [4.78, 5) is 0.312. The van der Waals surface area contributed by atoms with E-state index in [0.717, 1.165) is 23.7 Å². The van der Waals surface area contributed by atoms with Gasteiger partial charge in [0, 0.05) is 23.7 Å². The molecule has 1 aromatic rings. The summed E-state index contributed by atoms with van der Waals surface area (Å²) in [7, 11) is -3.46. The lowest BCUT2D eigenvalue weighted by molar-refractivity contribution is 0.198. The number of hydrogen-bond acceptors (Lipinski definition) is 3. The smallest absolute Gasteiger partial charge is 0.243 e. The molecule has 106 valence electrons. The van der Waals surface area contributed by atoms with Crippen molar-refractivity contribution < 1.29 is 13.5 Å². The molecule has 1 aliphatic rings. The van der Waals surface area contributed by atoms with Crippen LogP contribution in [-0.2, 0) is 10.0 Å². The second kappa shape index (κ2) is 6.35. The summed E-state index contributed by atoms with van der Waals surface area (Å²) in [6, 6.07) is 6.86. The van der Waals surface area contributed by atoms with Gasteiger partial charge < -0.3 is 5.11 Å². The first-order chi connectivity index (χ1) is 9.05. The average molecular weight is 348 g/mol. The fraction of sp³-hybridized carbons (Fsp3) is 0.538. The van der Waals surface area contributed by atoms with Gasteiger partial charge in [-0.05, 0) is 37.5 Å². The van der Waals surface area contributed by atoms with Crippen molar-refractivity contribution in [2.24, 2.45) is 0 Å². The van der Waals surface area contributed by atoms with E-state index in [1.807, 2.05) is 0 Å². The third-order valence-electron chi connectivity index (χ3n) is 3.42. The molecule has 0 saturated heterocycles. The topological polar surface area (TPSA) is 57.6 Å². The predicted octanol–water partition coefficient (Wildman–Crippen LogP) is 2.37. The summed E-state index contributed by atoms with van der Waals surface area (Å²) in [6.45, 7) is 0.396. The highest BCUT2D eigenvalue weighted by Gasteiger charge is 2.34. The Morgan fingerprint density at radius 2 is 2.11 bits per heavy atom. The van der Waals surface area contributed by atoms with E-state index in [1.165, 1.54) is 0 Å². The van der Waals surface area contributed by atoms with Gasteiger partial charge in [-0.1, -0.05) is 28.4 Å². The highest BCUT2D eigenvalue weighted by atomic mass is 79.9. The van der Waals surface area contributed by atoms with Gasteiger partial charge in [0.25, 0.3) is 0 Å². The van der Waals surface area contributed by atoms with Crippen LogP contribution >= 0.6 is 15.9 Å². The maximum absolute atomic E-state index is 12.6. The maximum atomic E-state index is 12.6. The molecule has 0 aromatic heterocycles. The van der Waals surface area contributed by atoms with Crippen LogP contribution in [-0.4, -0.2) is 37.0 Å². The molecule has 0 aliphatic heterocycles. The van der Waals surface area contributed by atoms with Crippen molar-refractivity contribution in [1.82, 2.24) is 4.31 Å². The van der Waals surface area contributed by atoms with Crippen LogP contribution in [0.25, 0.3) is 0 Å². The Balaban J connectivity index is 2.27. The first-order valence-corrected chi connectivity index (χ1v) is 8.67. The van der Waals surface area contributed by atoms with Crippen molar-refractivity contribution in [3.8, 4) is 0 Å². The van der Waals surface area contributed by atoms with Gasteiger partial charge in [-0.25, -0.2) is 8.42 Å². The zero-order valence-electron chi connectivity index (χ0n) is 10.6. The Kier molecular flexibility index (Phi) is 5.00. The van der Waals surface area contributed by atoms with E-state index in [4.69, 9.17) is 5.11 Å². The second-order valence-corrected chi connectivity index (χ2v) is 7.54. The molecule has 0 amide bonds. The van der Waals surface area contributed by atoms with Gasteiger partial charge in [-0.3, -0.25) is 0 Å². The lowest BCUT2D eigenvalue weighted by atomic mass is 9.93. The molecule has 1 fully saturated rings. The lowest BCUT2D eigenvalue weighted by Gasteiger charge is -2.36. The molecule has 1 aliphatic carbocycles. The molecule has 0 radical (unpaired) electrons. The van der Waals surface area contributed by atoms with E-state index in [2.05, 4.69) is 15.9 Å². The molecule has 1 N–H and O–H groups in total. The number of rotatable bonds is 6. The summed E-state index contributed by atoms with van der Waals surface area (Å²) in [5, 5.41) is 8.94. The summed E-state index contributed by atoms with van der Waals surface area (Å²) in [5.41, 5.74) is 0. The van der Waals surface area contributed by atoms with Crippen LogP contribution in [0.1, 0.15) is 25.7 Å². The van der Waals surface area contributed by atoms with Gasteiger partial charge in [0.05, 0.1) is 4.90 Å².